The van der Waals surface area contributed by atoms with Crippen molar-refractivity contribution < 1.29 is 4.79 Å². The number of carbonyl (C=O) groups excluding carboxylic acids is 1. The van der Waals surface area contributed by atoms with E-state index in [2.05, 4.69) is 12.6 Å². The summed E-state index contributed by atoms with van der Waals surface area (Å²) in [4.78, 5) is 13.3. The van der Waals surface area contributed by atoms with Gasteiger partial charge in [0.25, 0.3) is 0 Å². The second kappa shape index (κ2) is 4.45. The Labute approximate surface area is 99.6 Å². The number of hydrogen-bond acceptors (Lipinski definition) is 2. The molecule has 0 saturated carbocycles. The largest absolute Gasteiger partial charge is 0.337 e. The predicted octanol–water partition coefficient (Wildman–Crippen LogP) is 2.37. The van der Waals surface area contributed by atoms with Crippen LogP contribution in [0.4, 0.5) is 0 Å². The maximum atomic E-state index is 11.5. The van der Waals surface area contributed by atoms with Crippen molar-refractivity contribution in [3.63, 3.8) is 0 Å². The third kappa shape index (κ3) is 2.67. The molecule has 4 heteroatoms. The summed E-state index contributed by atoms with van der Waals surface area (Å²) in [6.45, 7) is 1.37. The number of rotatable bonds is 2. The first-order chi connectivity index (χ1) is 7.15. The number of carbonyl (C=O) groups is 1. The zero-order valence-corrected chi connectivity index (χ0v) is 9.84. The van der Waals surface area contributed by atoms with Crippen LogP contribution in [-0.2, 0) is 11.3 Å². The maximum Gasteiger partial charge on any atom is 0.224 e. The van der Waals surface area contributed by atoms with Gasteiger partial charge >= 0.3 is 0 Å². The number of likely N-dealkylation sites (tertiary alicyclic amines) is 1. The van der Waals surface area contributed by atoms with Crippen LogP contribution in [0.3, 0.4) is 0 Å². The number of hydrogen-bond donors (Lipinski definition) is 1. The fourth-order valence-electron chi connectivity index (χ4n) is 1.76. The van der Waals surface area contributed by atoms with Gasteiger partial charge in [-0.05, 0) is 17.7 Å². The Kier molecular flexibility index (Phi) is 3.22. The summed E-state index contributed by atoms with van der Waals surface area (Å²) in [6, 6.07) is 7.60. The van der Waals surface area contributed by atoms with E-state index in [9.17, 15) is 4.79 Å². The molecule has 1 saturated heterocycles. The predicted molar refractivity (Wildman–Crippen MR) is 64.3 cm³/mol. The Bertz CT molecular complexity index is 383. The van der Waals surface area contributed by atoms with Gasteiger partial charge in [-0.15, -0.1) is 0 Å². The minimum atomic E-state index is 0.176. The molecule has 15 heavy (non-hydrogen) atoms. The van der Waals surface area contributed by atoms with Crippen molar-refractivity contribution in [3.8, 4) is 0 Å². The third-order valence-corrected chi connectivity index (χ3v) is 3.04. The topological polar surface area (TPSA) is 20.3 Å². The van der Waals surface area contributed by atoms with Crippen LogP contribution < -0.4 is 0 Å². The minimum Gasteiger partial charge on any atom is -0.337 e. The van der Waals surface area contributed by atoms with Crippen LogP contribution in [0.25, 0.3) is 0 Å². The van der Waals surface area contributed by atoms with E-state index >= 15 is 0 Å². The van der Waals surface area contributed by atoms with Gasteiger partial charge in [0.15, 0.2) is 0 Å². The summed E-state index contributed by atoms with van der Waals surface area (Å²) in [5.41, 5.74) is 1.07. The fraction of sp³-hybridized carbons (Fsp3) is 0.364. The van der Waals surface area contributed by atoms with Crippen molar-refractivity contribution in [2.75, 3.05) is 6.54 Å². The molecule has 1 heterocycles. The lowest BCUT2D eigenvalue weighted by Crippen LogP contribution is -2.24. The van der Waals surface area contributed by atoms with Crippen molar-refractivity contribution in [1.29, 1.82) is 0 Å². The average molecular weight is 242 g/mol. The number of amides is 1. The molecular weight excluding hydrogens is 230 g/mol. The highest BCUT2D eigenvalue weighted by Crippen LogP contribution is 2.19. The molecule has 0 radical (unpaired) electrons. The number of halogens is 1. The van der Waals surface area contributed by atoms with Crippen LogP contribution in [0, 0.1) is 0 Å². The monoisotopic (exact) mass is 241 g/mol. The van der Waals surface area contributed by atoms with E-state index in [1.807, 2.05) is 29.2 Å². The lowest BCUT2D eigenvalue weighted by Gasteiger charge is -2.15. The normalized spacial score (nSPS) is 21.1. The van der Waals surface area contributed by atoms with Crippen LogP contribution in [0.2, 0.25) is 5.02 Å². The van der Waals surface area contributed by atoms with Crippen LogP contribution in [0.5, 0.6) is 0 Å². The molecule has 1 aromatic carbocycles. The average Bonchev–Trinajstić information content (AvgIpc) is 2.45. The molecule has 2 rings (SSSR count). The van der Waals surface area contributed by atoms with Gasteiger partial charge in [0.2, 0.25) is 5.91 Å². The second-order valence-corrected chi connectivity index (χ2v) is 4.93. The Morgan fingerprint density at radius 2 is 2.33 bits per heavy atom. The molecule has 0 aromatic heterocycles. The Morgan fingerprint density at radius 3 is 2.93 bits per heavy atom. The smallest absolute Gasteiger partial charge is 0.224 e. The maximum absolute atomic E-state index is 11.5. The lowest BCUT2D eigenvalue weighted by atomic mass is 10.2. The molecule has 1 amide bonds. The molecule has 1 aliphatic heterocycles. The third-order valence-electron chi connectivity index (χ3n) is 2.46. The summed E-state index contributed by atoms with van der Waals surface area (Å²) in [6.07, 6.45) is 0.545. The van der Waals surface area contributed by atoms with Gasteiger partial charge in [-0.1, -0.05) is 23.7 Å². The van der Waals surface area contributed by atoms with Crippen LogP contribution in [0.15, 0.2) is 24.3 Å². The number of thiol groups is 1. The summed E-state index contributed by atoms with van der Waals surface area (Å²) in [7, 11) is 0. The number of benzene rings is 1. The van der Waals surface area contributed by atoms with Crippen molar-refractivity contribution in [2.45, 2.75) is 18.2 Å². The molecular formula is C11H12ClNOS. The molecule has 1 fully saturated rings. The summed E-state index contributed by atoms with van der Waals surface area (Å²) in [5.74, 6) is 0.176. The van der Waals surface area contributed by atoms with Crippen LogP contribution in [0.1, 0.15) is 12.0 Å². The first kappa shape index (κ1) is 10.8. The van der Waals surface area contributed by atoms with Gasteiger partial charge in [-0.3, -0.25) is 4.79 Å². The van der Waals surface area contributed by atoms with Crippen molar-refractivity contribution in [3.05, 3.63) is 34.9 Å². The van der Waals surface area contributed by atoms with Crippen molar-refractivity contribution in [2.24, 2.45) is 0 Å². The quantitative estimate of drug-likeness (QED) is 0.789. The van der Waals surface area contributed by atoms with E-state index < -0.39 is 0 Å². The zero-order chi connectivity index (χ0) is 10.8. The van der Waals surface area contributed by atoms with Gasteiger partial charge in [0, 0.05) is 29.8 Å². The standard InChI is InChI=1S/C11H12ClNOS/c12-9-3-1-2-8(4-9)6-13-7-10(15)5-11(13)14/h1-4,10,15H,5-7H2. The molecule has 2 nitrogen and oxygen atoms in total. The molecule has 1 aliphatic rings. The first-order valence-corrected chi connectivity index (χ1v) is 5.75. The Hall–Kier alpha value is -0.670. The van der Waals surface area contributed by atoms with E-state index in [0.717, 1.165) is 12.1 Å². The zero-order valence-electron chi connectivity index (χ0n) is 8.19. The van der Waals surface area contributed by atoms with Gasteiger partial charge in [0.1, 0.15) is 0 Å². The van der Waals surface area contributed by atoms with Gasteiger partial charge < -0.3 is 4.90 Å². The Morgan fingerprint density at radius 1 is 1.53 bits per heavy atom. The van der Waals surface area contributed by atoms with Gasteiger partial charge in [-0.2, -0.15) is 12.6 Å². The van der Waals surface area contributed by atoms with E-state index in [1.165, 1.54) is 0 Å². The summed E-state index contributed by atoms with van der Waals surface area (Å²) < 4.78 is 0. The fourth-order valence-corrected chi connectivity index (χ4v) is 2.33. The molecule has 1 unspecified atom stereocenters. The molecule has 0 spiro atoms. The Balaban J connectivity index is 2.06. The summed E-state index contributed by atoms with van der Waals surface area (Å²) >= 11 is 10.2. The first-order valence-electron chi connectivity index (χ1n) is 4.85. The highest BCUT2D eigenvalue weighted by Gasteiger charge is 2.26. The van der Waals surface area contributed by atoms with Gasteiger partial charge in [-0.25, -0.2) is 0 Å². The molecule has 0 N–H and O–H groups in total. The summed E-state index contributed by atoms with van der Waals surface area (Å²) in [5, 5.41) is 0.887. The lowest BCUT2D eigenvalue weighted by molar-refractivity contribution is -0.128. The highest BCUT2D eigenvalue weighted by atomic mass is 35.5. The molecule has 0 bridgehead atoms. The molecule has 1 aromatic rings. The van der Waals surface area contributed by atoms with E-state index in [0.29, 0.717) is 18.0 Å². The molecule has 80 valence electrons. The van der Waals surface area contributed by atoms with E-state index in [4.69, 9.17) is 11.6 Å². The minimum absolute atomic E-state index is 0.176. The van der Waals surface area contributed by atoms with Crippen molar-refractivity contribution in [1.82, 2.24) is 4.90 Å². The molecule has 1 atom stereocenters. The SMILES string of the molecule is O=C1CC(S)CN1Cc1cccc(Cl)c1. The second-order valence-electron chi connectivity index (χ2n) is 3.76. The van der Waals surface area contributed by atoms with Gasteiger partial charge in [0.05, 0.1) is 0 Å². The molecule has 0 aliphatic carbocycles. The van der Waals surface area contributed by atoms with E-state index in [-0.39, 0.29) is 11.2 Å². The van der Waals surface area contributed by atoms with Crippen LogP contribution in [-0.4, -0.2) is 22.6 Å². The number of nitrogens with zero attached hydrogens (tertiary/aromatic N) is 1. The highest BCUT2D eigenvalue weighted by molar-refractivity contribution is 7.81. The van der Waals surface area contributed by atoms with Crippen LogP contribution >= 0.6 is 24.2 Å². The van der Waals surface area contributed by atoms with Crippen molar-refractivity contribution >= 4 is 30.1 Å². The van der Waals surface area contributed by atoms with E-state index in [1.54, 1.807) is 0 Å².